The van der Waals surface area contributed by atoms with Crippen LogP contribution in [0.1, 0.15) is 24.0 Å². The summed E-state index contributed by atoms with van der Waals surface area (Å²) in [7, 11) is 0. The summed E-state index contributed by atoms with van der Waals surface area (Å²) >= 11 is 1.26. The summed E-state index contributed by atoms with van der Waals surface area (Å²) < 4.78 is 14.9. The zero-order chi connectivity index (χ0) is 23.7. The Kier molecular flexibility index (Phi) is 6.15. The second kappa shape index (κ2) is 9.38. The van der Waals surface area contributed by atoms with Crippen LogP contribution in [0, 0.1) is 18.7 Å². The molecule has 0 bridgehead atoms. The Bertz CT molecular complexity index is 1410. The number of aryl methyl sites for hydroxylation is 1. The first-order valence-corrected chi connectivity index (χ1v) is 12.2. The maximum Gasteiger partial charge on any atom is 0.270 e. The Balaban J connectivity index is 1.30. The number of nitrogens with zero attached hydrogens (tertiary/aromatic N) is 2. The van der Waals surface area contributed by atoms with Crippen molar-refractivity contribution in [3.63, 3.8) is 0 Å². The zero-order valence-electron chi connectivity index (χ0n) is 18.8. The molecule has 0 radical (unpaired) electrons. The second-order valence-electron chi connectivity index (χ2n) is 8.60. The first-order valence-electron chi connectivity index (χ1n) is 11.3. The lowest BCUT2D eigenvalue weighted by atomic mass is 9.96. The molecule has 0 aliphatic carbocycles. The number of carbonyl (C=O) groups excluding carboxylic acids is 1. The Hall–Kier alpha value is -3.52. The number of rotatable bonds is 5. The van der Waals surface area contributed by atoms with Gasteiger partial charge < -0.3 is 10.2 Å². The Morgan fingerprint density at radius 2 is 1.88 bits per heavy atom. The molecule has 5 rings (SSSR count). The molecule has 0 spiro atoms. The number of aromatic amines is 1. The van der Waals surface area contributed by atoms with Crippen molar-refractivity contribution in [2.24, 2.45) is 5.92 Å². The van der Waals surface area contributed by atoms with E-state index in [-0.39, 0.29) is 23.2 Å². The summed E-state index contributed by atoms with van der Waals surface area (Å²) in [4.78, 5) is 35.0. The predicted octanol–water partition coefficient (Wildman–Crippen LogP) is 4.63. The molecule has 1 fully saturated rings. The maximum atomic E-state index is 14.4. The third-order valence-corrected chi connectivity index (χ3v) is 7.43. The van der Waals surface area contributed by atoms with Gasteiger partial charge in [-0.1, -0.05) is 42.5 Å². The molecule has 2 aromatic carbocycles. The van der Waals surface area contributed by atoms with E-state index < -0.39 is 0 Å². The molecule has 1 aliphatic rings. The van der Waals surface area contributed by atoms with E-state index in [9.17, 15) is 14.0 Å². The molecule has 2 aromatic heterocycles. The minimum atomic E-state index is -0.344. The summed E-state index contributed by atoms with van der Waals surface area (Å²) in [5.41, 5.74) is 3.60. The van der Waals surface area contributed by atoms with Crippen molar-refractivity contribution in [3.05, 3.63) is 81.2 Å². The minimum Gasteiger partial charge on any atom is -0.352 e. The molecule has 3 heterocycles. The normalized spacial score (nSPS) is 14.5. The van der Waals surface area contributed by atoms with Gasteiger partial charge in [0, 0.05) is 42.1 Å². The van der Waals surface area contributed by atoms with Crippen molar-refractivity contribution in [1.82, 2.24) is 15.3 Å². The summed E-state index contributed by atoms with van der Waals surface area (Å²) in [5, 5.41) is 4.84. The Labute approximate surface area is 200 Å². The highest BCUT2D eigenvalue weighted by molar-refractivity contribution is 7.17. The number of anilines is 1. The number of hydrogen-bond acceptors (Lipinski definition) is 5. The van der Waals surface area contributed by atoms with E-state index in [0.717, 1.165) is 11.1 Å². The number of hydrogen-bond donors (Lipinski definition) is 2. The number of piperidine rings is 1. The summed E-state index contributed by atoms with van der Waals surface area (Å²) in [6, 6.07) is 14.5. The highest BCUT2D eigenvalue weighted by Crippen LogP contribution is 2.33. The van der Waals surface area contributed by atoms with Gasteiger partial charge in [0.15, 0.2) is 0 Å². The van der Waals surface area contributed by atoms with Gasteiger partial charge in [-0.2, -0.15) is 0 Å². The Morgan fingerprint density at radius 3 is 2.65 bits per heavy atom. The lowest BCUT2D eigenvalue weighted by molar-refractivity contribution is -0.125. The van der Waals surface area contributed by atoms with E-state index in [1.54, 1.807) is 23.6 Å². The largest absolute Gasteiger partial charge is 0.352 e. The number of fused-ring (bicyclic) bond motifs is 1. The molecule has 0 unspecified atom stereocenters. The maximum absolute atomic E-state index is 14.4. The molecule has 174 valence electrons. The van der Waals surface area contributed by atoms with Crippen molar-refractivity contribution >= 4 is 33.4 Å². The quantitative estimate of drug-likeness (QED) is 0.440. The van der Waals surface area contributed by atoms with Crippen molar-refractivity contribution in [2.75, 3.05) is 18.0 Å². The molecule has 0 saturated carbocycles. The van der Waals surface area contributed by atoms with Gasteiger partial charge in [-0.05, 0) is 37.0 Å². The van der Waals surface area contributed by atoms with Crippen LogP contribution < -0.4 is 15.8 Å². The van der Waals surface area contributed by atoms with Crippen molar-refractivity contribution in [2.45, 2.75) is 26.3 Å². The van der Waals surface area contributed by atoms with E-state index in [1.165, 1.54) is 17.4 Å². The number of carbonyl (C=O) groups is 1. The summed E-state index contributed by atoms with van der Waals surface area (Å²) in [6.45, 7) is 3.77. The molecule has 34 heavy (non-hydrogen) atoms. The second-order valence-corrected chi connectivity index (χ2v) is 9.48. The van der Waals surface area contributed by atoms with Crippen LogP contribution >= 0.6 is 11.3 Å². The van der Waals surface area contributed by atoms with Crippen LogP contribution in [0.5, 0.6) is 0 Å². The number of amides is 1. The highest BCUT2D eigenvalue weighted by atomic mass is 32.1. The van der Waals surface area contributed by atoms with E-state index >= 15 is 0 Å². The lowest BCUT2D eigenvalue weighted by Gasteiger charge is -2.31. The van der Waals surface area contributed by atoms with E-state index in [4.69, 9.17) is 4.98 Å². The third-order valence-electron chi connectivity index (χ3n) is 6.46. The fourth-order valence-electron chi connectivity index (χ4n) is 4.43. The van der Waals surface area contributed by atoms with Gasteiger partial charge in [-0.25, -0.2) is 9.37 Å². The van der Waals surface area contributed by atoms with Crippen molar-refractivity contribution in [3.8, 4) is 11.1 Å². The van der Waals surface area contributed by atoms with E-state index in [1.807, 2.05) is 36.1 Å². The van der Waals surface area contributed by atoms with Gasteiger partial charge >= 0.3 is 0 Å². The lowest BCUT2D eigenvalue weighted by Crippen LogP contribution is -2.41. The molecule has 4 aromatic rings. The standard InChI is InChI=1S/C26H25FN4O2S/c1-16-6-2-3-7-18(16)14-28-24(32)17-10-12-31(13-11-17)26-29-22-20(15-34-23(22)25(33)30-26)19-8-4-5-9-21(19)27/h2-9,15,17H,10-14H2,1H3,(H,28,32)(H,29,30,33). The van der Waals surface area contributed by atoms with Gasteiger partial charge in [-0.3, -0.25) is 14.6 Å². The third kappa shape index (κ3) is 4.33. The van der Waals surface area contributed by atoms with Crippen molar-refractivity contribution < 1.29 is 9.18 Å². The molecule has 8 heteroatoms. The molecule has 0 atom stereocenters. The predicted molar refractivity (Wildman–Crippen MR) is 134 cm³/mol. The highest BCUT2D eigenvalue weighted by Gasteiger charge is 2.27. The molecule has 1 amide bonds. The van der Waals surface area contributed by atoms with E-state index in [2.05, 4.69) is 10.3 Å². The fraction of sp³-hybridized carbons (Fsp3) is 0.269. The number of halogens is 1. The van der Waals surface area contributed by atoms with Crippen LogP contribution in [-0.4, -0.2) is 29.0 Å². The van der Waals surface area contributed by atoms with Crippen LogP contribution in [0.3, 0.4) is 0 Å². The smallest absolute Gasteiger partial charge is 0.270 e. The van der Waals surface area contributed by atoms with Gasteiger partial charge in [0.1, 0.15) is 10.5 Å². The molecule has 1 saturated heterocycles. The monoisotopic (exact) mass is 476 g/mol. The van der Waals surface area contributed by atoms with Crippen LogP contribution in [0.25, 0.3) is 21.3 Å². The number of thiophene rings is 1. The van der Waals surface area contributed by atoms with Crippen LogP contribution in [0.15, 0.2) is 58.7 Å². The average Bonchev–Trinajstić information content (AvgIpc) is 3.28. The van der Waals surface area contributed by atoms with Gasteiger partial charge in [-0.15, -0.1) is 11.3 Å². The molecule has 6 nitrogen and oxygen atoms in total. The SMILES string of the molecule is Cc1ccccc1CNC(=O)C1CCN(c2nc3c(-c4ccccc4F)csc3c(=O)[nH]2)CC1. The number of H-pyrrole nitrogens is 1. The first kappa shape index (κ1) is 22.3. The molecular weight excluding hydrogens is 451 g/mol. The first-order chi connectivity index (χ1) is 16.5. The molecule has 2 N–H and O–H groups in total. The van der Waals surface area contributed by atoms with Gasteiger partial charge in [0.2, 0.25) is 11.9 Å². The minimum absolute atomic E-state index is 0.0551. The van der Waals surface area contributed by atoms with Gasteiger partial charge in [0.05, 0.1) is 5.52 Å². The number of nitrogens with one attached hydrogen (secondary N) is 2. The van der Waals surface area contributed by atoms with Crippen LogP contribution in [0.2, 0.25) is 0 Å². The topological polar surface area (TPSA) is 78.1 Å². The van der Waals surface area contributed by atoms with Crippen LogP contribution in [0.4, 0.5) is 10.3 Å². The van der Waals surface area contributed by atoms with Crippen LogP contribution in [-0.2, 0) is 11.3 Å². The molecular formula is C26H25FN4O2S. The number of aromatic nitrogens is 2. The zero-order valence-corrected chi connectivity index (χ0v) is 19.6. The molecule has 1 aliphatic heterocycles. The average molecular weight is 477 g/mol. The fourth-order valence-corrected chi connectivity index (χ4v) is 5.32. The number of benzene rings is 2. The Morgan fingerprint density at radius 1 is 1.15 bits per heavy atom. The summed E-state index contributed by atoms with van der Waals surface area (Å²) in [6.07, 6.45) is 1.34. The summed E-state index contributed by atoms with van der Waals surface area (Å²) in [5.74, 6) is 0.0981. The van der Waals surface area contributed by atoms with Gasteiger partial charge in [0.25, 0.3) is 5.56 Å². The van der Waals surface area contributed by atoms with Crippen molar-refractivity contribution in [1.29, 1.82) is 0 Å². The van der Waals surface area contributed by atoms with E-state index in [0.29, 0.717) is 59.8 Å².